The largest absolute Gasteiger partial charge is 0.361 e. The van der Waals surface area contributed by atoms with Gasteiger partial charge >= 0.3 is 0 Å². The van der Waals surface area contributed by atoms with E-state index in [1.807, 2.05) is 42.3 Å². The number of amides is 2. The van der Waals surface area contributed by atoms with Gasteiger partial charge in [0.2, 0.25) is 11.8 Å². The van der Waals surface area contributed by atoms with Crippen LogP contribution < -0.4 is 5.32 Å². The average molecular weight is 385 g/mol. The fraction of sp³-hybridized carbons (Fsp3) is 0.524. The molecule has 2 saturated heterocycles. The molecule has 2 N–H and O–H groups in total. The number of carbonyl (C=O) groups excluding carboxylic acids is 2. The molecule has 2 aliphatic heterocycles. The SMILES string of the molecule is CC(=O)NC(Cc1c[nH]c2ccccc12)C(=O)N1CCC2(CC1)OCC(C)O2. The van der Waals surface area contributed by atoms with E-state index in [1.165, 1.54) is 6.92 Å². The summed E-state index contributed by atoms with van der Waals surface area (Å²) in [6.45, 7) is 5.18. The minimum Gasteiger partial charge on any atom is -0.361 e. The number of hydrogen-bond acceptors (Lipinski definition) is 4. The molecule has 1 aromatic carbocycles. The Morgan fingerprint density at radius 1 is 1.32 bits per heavy atom. The van der Waals surface area contributed by atoms with E-state index in [4.69, 9.17) is 9.47 Å². The van der Waals surface area contributed by atoms with E-state index < -0.39 is 11.8 Å². The Labute approximate surface area is 164 Å². The third kappa shape index (κ3) is 3.77. The van der Waals surface area contributed by atoms with Gasteiger partial charge in [-0.05, 0) is 18.6 Å². The molecule has 2 aromatic rings. The Hall–Kier alpha value is -2.38. The Balaban J connectivity index is 1.47. The van der Waals surface area contributed by atoms with E-state index >= 15 is 0 Å². The third-order valence-electron chi connectivity index (χ3n) is 5.61. The van der Waals surface area contributed by atoms with Gasteiger partial charge in [-0.2, -0.15) is 0 Å². The highest BCUT2D eigenvalue weighted by atomic mass is 16.7. The molecule has 2 fully saturated rings. The summed E-state index contributed by atoms with van der Waals surface area (Å²) in [4.78, 5) is 30.0. The number of rotatable bonds is 4. The van der Waals surface area contributed by atoms with Crippen LogP contribution in [0.3, 0.4) is 0 Å². The molecule has 0 bridgehead atoms. The first-order valence-corrected chi connectivity index (χ1v) is 9.88. The lowest BCUT2D eigenvalue weighted by Gasteiger charge is -2.39. The van der Waals surface area contributed by atoms with E-state index in [2.05, 4.69) is 10.3 Å². The van der Waals surface area contributed by atoms with Gasteiger partial charge in [-0.15, -0.1) is 0 Å². The maximum absolute atomic E-state index is 13.2. The van der Waals surface area contributed by atoms with Crippen LogP contribution in [0.5, 0.6) is 0 Å². The predicted molar refractivity (Wildman–Crippen MR) is 105 cm³/mol. The first-order chi connectivity index (χ1) is 13.5. The second-order valence-corrected chi connectivity index (χ2v) is 7.79. The number of ether oxygens (including phenoxy) is 2. The van der Waals surface area contributed by atoms with Crippen molar-refractivity contribution < 1.29 is 19.1 Å². The van der Waals surface area contributed by atoms with Crippen molar-refractivity contribution in [3.05, 3.63) is 36.0 Å². The predicted octanol–water partition coefficient (Wildman–Crippen LogP) is 1.97. The minimum absolute atomic E-state index is 0.0543. The number of piperidine rings is 1. The number of fused-ring (bicyclic) bond motifs is 1. The van der Waals surface area contributed by atoms with Crippen LogP contribution in [-0.2, 0) is 25.5 Å². The van der Waals surface area contributed by atoms with Gasteiger partial charge in [0.05, 0.1) is 12.7 Å². The molecule has 2 amide bonds. The number of carbonyl (C=O) groups is 2. The molecule has 28 heavy (non-hydrogen) atoms. The van der Waals surface area contributed by atoms with Gasteiger partial charge in [0.1, 0.15) is 6.04 Å². The fourth-order valence-electron chi connectivity index (χ4n) is 4.22. The molecular weight excluding hydrogens is 358 g/mol. The summed E-state index contributed by atoms with van der Waals surface area (Å²) in [5.74, 6) is -0.805. The zero-order valence-electron chi connectivity index (χ0n) is 16.4. The van der Waals surface area contributed by atoms with Crippen LogP contribution in [-0.4, -0.2) is 59.3 Å². The van der Waals surface area contributed by atoms with Gasteiger partial charge in [0.15, 0.2) is 5.79 Å². The minimum atomic E-state index is -0.588. The first kappa shape index (κ1) is 19.0. The molecule has 2 aliphatic rings. The zero-order valence-corrected chi connectivity index (χ0v) is 16.4. The molecular formula is C21H27N3O4. The molecule has 0 saturated carbocycles. The van der Waals surface area contributed by atoms with Crippen molar-refractivity contribution in [1.29, 1.82) is 0 Å². The Morgan fingerprint density at radius 2 is 2.07 bits per heavy atom. The molecule has 2 atom stereocenters. The van der Waals surface area contributed by atoms with Gasteiger partial charge in [0.25, 0.3) is 0 Å². The normalized spacial score (nSPS) is 22.5. The summed E-state index contributed by atoms with van der Waals surface area (Å²) in [6, 6.07) is 7.38. The van der Waals surface area contributed by atoms with Crippen LogP contribution in [0.25, 0.3) is 10.9 Å². The van der Waals surface area contributed by atoms with E-state index in [-0.39, 0.29) is 17.9 Å². The highest BCUT2D eigenvalue weighted by molar-refractivity contribution is 5.89. The van der Waals surface area contributed by atoms with Gasteiger partial charge in [-0.3, -0.25) is 9.59 Å². The van der Waals surface area contributed by atoms with E-state index in [0.29, 0.717) is 39.0 Å². The van der Waals surface area contributed by atoms with Crippen LogP contribution in [0, 0.1) is 0 Å². The first-order valence-electron chi connectivity index (χ1n) is 9.88. The summed E-state index contributed by atoms with van der Waals surface area (Å²) in [5.41, 5.74) is 2.04. The van der Waals surface area contributed by atoms with Gasteiger partial charge < -0.3 is 24.7 Å². The Kier molecular flexibility index (Phi) is 5.12. The summed E-state index contributed by atoms with van der Waals surface area (Å²) in [7, 11) is 0. The fourth-order valence-corrected chi connectivity index (χ4v) is 4.22. The third-order valence-corrected chi connectivity index (χ3v) is 5.61. The number of likely N-dealkylation sites (tertiary alicyclic amines) is 1. The van der Waals surface area contributed by atoms with Crippen LogP contribution in [0.15, 0.2) is 30.5 Å². The number of aromatic nitrogens is 1. The topological polar surface area (TPSA) is 83.7 Å². The van der Waals surface area contributed by atoms with E-state index in [9.17, 15) is 9.59 Å². The number of hydrogen-bond donors (Lipinski definition) is 2. The van der Waals surface area contributed by atoms with Crippen molar-refractivity contribution in [3.63, 3.8) is 0 Å². The second kappa shape index (κ2) is 7.56. The van der Waals surface area contributed by atoms with Gasteiger partial charge in [0, 0.05) is 56.4 Å². The quantitative estimate of drug-likeness (QED) is 0.843. The highest BCUT2D eigenvalue weighted by Crippen LogP contribution is 2.34. The van der Waals surface area contributed by atoms with Crippen molar-refractivity contribution in [2.24, 2.45) is 0 Å². The van der Waals surface area contributed by atoms with Crippen molar-refractivity contribution in [2.75, 3.05) is 19.7 Å². The number of H-pyrrole nitrogens is 1. The lowest BCUT2D eigenvalue weighted by Crippen LogP contribution is -2.54. The number of nitrogens with one attached hydrogen (secondary N) is 2. The molecule has 150 valence electrons. The van der Waals surface area contributed by atoms with Crippen LogP contribution in [0.4, 0.5) is 0 Å². The molecule has 1 spiro atoms. The standard InChI is InChI=1S/C21H27N3O4/c1-14-13-27-21(28-14)7-9-24(10-8-21)20(26)19(23-15(2)25)11-16-12-22-18-6-4-3-5-17(16)18/h3-6,12,14,19,22H,7-11,13H2,1-2H3,(H,23,25). The van der Waals surface area contributed by atoms with Crippen molar-refractivity contribution in [1.82, 2.24) is 15.2 Å². The number of benzene rings is 1. The van der Waals surface area contributed by atoms with Crippen molar-refractivity contribution in [2.45, 2.75) is 51.0 Å². The second-order valence-electron chi connectivity index (χ2n) is 7.79. The molecule has 4 rings (SSSR count). The Morgan fingerprint density at radius 3 is 2.75 bits per heavy atom. The lowest BCUT2D eigenvalue weighted by atomic mass is 10.00. The molecule has 0 radical (unpaired) electrons. The van der Waals surface area contributed by atoms with E-state index in [1.54, 1.807) is 0 Å². The zero-order chi connectivity index (χ0) is 19.7. The number of para-hydroxylation sites is 1. The van der Waals surface area contributed by atoms with E-state index in [0.717, 1.165) is 16.5 Å². The summed E-state index contributed by atoms with van der Waals surface area (Å²) < 4.78 is 11.8. The van der Waals surface area contributed by atoms with Gasteiger partial charge in [-0.1, -0.05) is 18.2 Å². The molecule has 7 heteroatoms. The maximum atomic E-state index is 13.2. The number of nitrogens with zero attached hydrogens (tertiary/aromatic N) is 1. The van der Waals surface area contributed by atoms with Crippen LogP contribution in [0.2, 0.25) is 0 Å². The van der Waals surface area contributed by atoms with Gasteiger partial charge in [-0.25, -0.2) is 0 Å². The summed E-state index contributed by atoms with van der Waals surface area (Å²) in [5, 5.41) is 3.92. The maximum Gasteiger partial charge on any atom is 0.245 e. The summed E-state index contributed by atoms with van der Waals surface area (Å²) in [6.07, 6.45) is 3.77. The lowest BCUT2D eigenvalue weighted by molar-refractivity contribution is -0.195. The summed E-state index contributed by atoms with van der Waals surface area (Å²) >= 11 is 0. The molecule has 3 heterocycles. The van der Waals surface area contributed by atoms with Crippen molar-refractivity contribution in [3.8, 4) is 0 Å². The molecule has 1 aromatic heterocycles. The highest BCUT2D eigenvalue weighted by Gasteiger charge is 2.44. The molecule has 2 unspecified atom stereocenters. The number of aromatic amines is 1. The smallest absolute Gasteiger partial charge is 0.245 e. The van der Waals surface area contributed by atoms with Crippen LogP contribution >= 0.6 is 0 Å². The van der Waals surface area contributed by atoms with Crippen molar-refractivity contribution >= 4 is 22.7 Å². The van der Waals surface area contributed by atoms with Crippen LogP contribution in [0.1, 0.15) is 32.3 Å². The Bertz CT molecular complexity index is 869. The molecule has 7 nitrogen and oxygen atoms in total. The monoisotopic (exact) mass is 385 g/mol. The molecule has 0 aliphatic carbocycles. The average Bonchev–Trinajstić information content (AvgIpc) is 3.25.